The molecule has 1 amide bonds. The van der Waals surface area contributed by atoms with Crippen LogP contribution in [0.15, 0.2) is 0 Å². The van der Waals surface area contributed by atoms with Crippen LogP contribution >= 0.6 is 0 Å². The van der Waals surface area contributed by atoms with E-state index < -0.39 is 5.54 Å². The van der Waals surface area contributed by atoms with E-state index in [4.69, 9.17) is 5.73 Å². The monoisotopic (exact) mass is 227 g/mol. The number of nitrogens with one attached hydrogen (secondary N) is 1. The van der Waals surface area contributed by atoms with E-state index >= 15 is 0 Å². The highest BCUT2D eigenvalue weighted by Crippen LogP contribution is 2.25. The average Bonchev–Trinajstić information content (AvgIpc) is 2.92. The molecule has 3 N–H and O–H groups in total. The van der Waals surface area contributed by atoms with Gasteiger partial charge in [0.15, 0.2) is 0 Å². The van der Waals surface area contributed by atoms with Gasteiger partial charge in [0.2, 0.25) is 5.91 Å². The summed E-state index contributed by atoms with van der Waals surface area (Å²) in [5.74, 6) is 0.0550. The van der Waals surface area contributed by atoms with Gasteiger partial charge in [-0.25, -0.2) is 0 Å². The molecule has 1 aliphatic carbocycles. The molecule has 0 saturated heterocycles. The summed E-state index contributed by atoms with van der Waals surface area (Å²) in [5.41, 5.74) is 5.37. The van der Waals surface area contributed by atoms with Gasteiger partial charge in [0, 0.05) is 31.1 Å². The van der Waals surface area contributed by atoms with Gasteiger partial charge < -0.3 is 11.1 Å². The molecule has 0 atom stereocenters. The largest absolute Gasteiger partial charge is 0.355 e. The number of rotatable bonds is 7. The fourth-order valence-corrected chi connectivity index (χ4v) is 1.85. The summed E-state index contributed by atoms with van der Waals surface area (Å²) in [5, 5.41) is 2.93. The minimum Gasteiger partial charge on any atom is -0.355 e. The van der Waals surface area contributed by atoms with E-state index in [1.165, 1.54) is 12.8 Å². The van der Waals surface area contributed by atoms with Gasteiger partial charge in [0.1, 0.15) is 0 Å². The van der Waals surface area contributed by atoms with Crippen molar-refractivity contribution in [3.8, 4) is 0 Å². The van der Waals surface area contributed by atoms with Crippen LogP contribution in [0.25, 0.3) is 0 Å². The Kier molecular flexibility index (Phi) is 4.74. The van der Waals surface area contributed by atoms with Crippen molar-refractivity contribution in [2.24, 2.45) is 5.73 Å². The highest BCUT2D eigenvalue weighted by atomic mass is 16.1. The van der Waals surface area contributed by atoms with Crippen molar-refractivity contribution < 1.29 is 4.79 Å². The van der Waals surface area contributed by atoms with Crippen molar-refractivity contribution in [2.45, 2.75) is 51.6 Å². The summed E-state index contributed by atoms with van der Waals surface area (Å²) >= 11 is 0. The summed E-state index contributed by atoms with van der Waals surface area (Å²) in [6.45, 7) is 8.67. The second-order valence-corrected chi connectivity index (χ2v) is 5.38. The lowest BCUT2D eigenvalue weighted by atomic mass is 10.0. The molecule has 0 aromatic heterocycles. The molecular weight excluding hydrogens is 202 g/mol. The summed E-state index contributed by atoms with van der Waals surface area (Å²) in [6, 6.07) is 0.771. The molecule has 16 heavy (non-hydrogen) atoms. The van der Waals surface area contributed by atoms with Gasteiger partial charge in [-0.2, -0.15) is 0 Å². The topological polar surface area (TPSA) is 58.4 Å². The van der Waals surface area contributed by atoms with E-state index in [0.29, 0.717) is 6.42 Å². The van der Waals surface area contributed by atoms with Gasteiger partial charge in [-0.3, -0.25) is 9.69 Å². The van der Waals surface area contributed by atoms with Crippen LogP contribution in [0.4, 0.5) is 0 Å². The molecule has 1 saturated carbocycles. The molecule has 94 valence electrons. The van der Waals surface area contributed by atoms with Crippen molar-refractivity contribution in [2.75, 3.05) is 19.6 Å². The van der Waals surface area contributed by atoms with Crippen molar-refractivity contribution >= 4 is 5.91 Å². The number of nitrogens with two attached hydrogens (primary N) is 1. The third-order valence-corrected chi connectivity index (χ3v) is 2.81. The van der Waals surface area contributed by atoms with E-state index in [9.17, 15) is 4.79 Å². The Balaban J connectivity index is 2.12. The first-order valence-corrected chi connectivity index (χ1v) is 6.22. The van der Waals surface area contributed by atoms with Crippen LogP contribution in [-0.4, -0.2) is 42.0 Å². The third-order valence-electron chi connectivity index (χ3n) is 2.81. The lowest BCUT2D eigenvalue weighted by Gasteiger charge is -2.21. The van der Waals surface area contributed by atoms with Crippen molar-refractivity contribution in [1.82, 2.24) is 10.2 Å². The number of likely N-dealkylation sites (N-methyl/N-ethyl adjacent to an activating group) is 1. The zero-order chi connectivity index (χ0) is 12.2. The summed E-state index contributed by atoms with van der Waals surface area (Å²) in [4.78, 5) is 13.9. The Labute approximate surface area is 98.6 Å². The number of hydrogen-bond donors (Lipinski definition) is 2. The maximum Gasteiger partial charge on any atom is 0.221 e. The van der Waals surface area contributed by atoms with Gasteiger partial charge in [-0.05, 0) is 33.2 Å². The van der Waals surface area contributed by atoms with Crippen LogP contribution in [0.2, 0.25) is 0 Å². The number of hydrogen-bond acceptors (Lipinski definition) is 3. The van der Waals surface area contributed by atoms with Crippen LogP contribution in [0.3, 0.4) is 0 Å². The normalized spacial score (nSPS) is 16.6. The second-order valence-electron chi connectivity index (χ2n) is 5.38. The molecule has 1 rings (SSSR count). The standard InChI is InChI=1S/C12H25N3O/c1-4-15(10-5-6-10)8-7-14-11(16)9-12(2,3)13/h10H,4-9,13H2,1-3H3,(H,14,16). The zero-order valence-corrected chi connectivity index (χ0v) is 10.8. The fraction of sp³-hybridized carbons (Fsp3) is 0.917. The minimum atomic E-state index is -0.412. The van der Waals surface area contributed by atoms with Gasteiger partial charge in [0.25, 0.3) is 0 Å². The molecule has 4 nitrogen and oxygen atoms in total. The van der Waals surface area contributed by atoms with Crippen molar-refractivity contribution in [3.05, 3.63) is 0 Å². The Morgan fingerprint density at radius 1 is 1.50 bits per heavy atom. The molecule has 4 heteroatoms. The Hall–Kier alpha value is -0.610. The SMILES string of the molecule is CCN(CCNC(=O)CC(C)(C)N)C1CC1. The molecule has 0 bridgehead atoms. The van der Waals surface area contributed by atoms with Crippen LogP contribution in [0.5, 0.6) is 0 Å². The smallest absolute Gasteiger partial charge is 0.221 e. The number of carbonyl (C=O) groups excluding carboxylic acids is 1. The van der Waals surface area contributed by atoms with E-state index in [0.717, 1.165) is 25.7 Å². The Bertz CT molecular complexity index is 231. The highest BCUT2D eigenvalue weighted by molar-refractivity contribution is 5.77. The lowest BCUT2D eigenvalue weighted by molar-refractivity contribution is -0.122. The molecule has 0 aromatic carbocycles. The molecule has 0 heterocycles. The predicted molar refractivity (Wildman–Crippen MR) is 66.2 cm³/mol. The average molecular weight is 227 g/mol. The van der Waals surface area contributed by atoms with Crippen LogP contribution in [-0.2, 0) is 4.79 Å². The maximum absolute atomic E-state index is 11.5. The summed E-state index contributed by atoms with van der Waals surface area (Å²) in [6.07, 6.45) is 3.03. The van der Waals surface area contributed by atoms with Crippen LogP contribution in [0.1, 0.15) is 40.0 Å². The summed E-state index contributed by atoms with van der Waals surface area (Å²) in [7, 11) is 0. The third kappa shape index (κ3) is 5.47. The van der Waals surface area contributed by atoms with Gasteiger partial charge in [0.05, 0.1) is 0 Å². The van der Waals surface area contributed by atoms with Crippen LogP contribution in [0, 0.1) is 0 Å². The molecular formula is C12H25N3O. The zero-order valence-electron chi connectivity index (χ0n) is 10.8. The molecule has 0 unspecified atom stereocenters. The minimum absolute atomic E-state index is 0.0550. The molecule has 0 aliphatic heterocycles. The first-order valence-electron chi connectivity index (χ1n) is 6.22. The molecule has 1 aliphatic rings. The molecule has 0 spiro atoms. The number of carbonyl (C=O) groups is 1. The molecule has 0 aromatic rings. The Morgan fingerprint density at radius 3 is 2.56 bits per heavy atom. The maximum atomic E-state index is 11.5. The molecule has 0 radical (unpaired) electrons. The lowest BCUT2D eigenvalue weighted by Crippen LogP contribution is -2.41. The highest BCUT2D eigenvalue weighted by Gasteiger charge is 2.27. The van der Waals surface area contributed by atoms with Gasteiger partial charge >= 0.3 is 0 Å². The quantitative estimate of drug-likeness (QED) is 0.673. The molecule has 1 fully saturated rings. The van der Waals surface area contributed by atoms with Crippen LogP contribution < -0.4 is 11.1 Å². The number of amides is 1. The number of nitrogens with zero attached hydrogens (tertiary/aromatic N) is 1. The van der Waals surface area contributed by atoms with E-state index in [1.54, 1.807) is 0 Å². The first-order chi connectivity index (χ1) is 7.42. The predicted octanol–water partition coefficient (Wildman–Crippen LogP) is 0.714. The van der Waals surface area contributed by atoms with Gasteiger partial charge in [-0.1, -0.05) is 6.92 Å². The van der Waals surface area contributed by atoms with E-state index in [2.05, 4.69) is 17.1 Å². The second kappa shape index (κ2) is 5.64. The van der Waals surface area contributed by atoms with Crippen molar-refractivity contribution in [3.63, 3.8) is 0 Å². The van der Waals surface area contributed by atoms with Gasteiger partial charge in [-0.15, -0.1) is 0 Å². The van der Waals surface area contributed by atoms with E-state index in [-0.39, 0.29) is 5.91 Å². The summed E-state index contributed by atoms with van der Waals surface area (Å²) < 4.78 is 0. The van der Waals surface area contributed by atoms with E-state index in [1.807, 2.05) is 13.8 Å². The Morgan fingerprint density at radius 2 is 2.12 bits per heavy atom. The van der Waals surface area contributed by atoms with Crippen molar-refractivity contribution in [1.29, 1.82) is 0 Å². The fourth-order valence-electron chi connectivity index (χ4n) is 1.85. The first kappa shape index (κ1) is 13.5.